The van der Waals surface area contributed by atoms with Gasteiger partial charge in [-0.25, -0.2) is 8.42 Å². The molecule has 1 N–H and O–H groups in total. The van der Waals surface area contributed by atoms with Crippen molar-refractivity contribution in [3.8, 4) is 0 Å². The number of hydrogen-bond donors (Lipinski definition) is 1. The fourth-order valence-electron chi connectivity index (χ4n) is 2.38. The van der Waals surface area contributed by atoms with Crippen molar-refractivity contribution in [2.24, 2.45) is 5.92 Å². The normalized spacial score (nSPS) is 23.5. The topological polar surface area (TPSA) is 57.6 Å². The molecule has 0 spiro atoms. The minimum Gasteiger partial charge on any atom is -0.393 e. The summed E-state index contributed by atoms with van der Waals surface area (Å²) in [4.78, 5) is 1.04. The van der Waals surface area contributed by atoms with Crippen LogP contribution in [0.2, 0.25) is 0 Å². The predicted molar refractivity (Wildman–Crippen MR) is 77.0 cm³/mol. The largest absolute Gasteiger partial charge is 0.393 e. The van der Waals surface area contributed by atoms with Gasteiger partial charge in [-0.3, -0.25) is 0 Å². The Bertz CT molecular complexity index is 529. The third kappa shape index (κ3) is 3.02. The third-order valence-corrected chi connectivity index (χ3v) is 7.31. The molecule has 2 unspecified atom stereocenters. The lowest BCUT2D eigenvalue weighted by Gasteiger charge is -2.32. The number of aryl methyl sites for hydroxylation is 2. The summed E-state index contributed by atoms with van der Waals surface area (Å²) in [5.74, 6) is 0.0469. The van der Waals surface area contributed by atoms with Gasteiger partial charge in [-0.05, 0) is 51.2 Å². The van der Waals surface area contributed by atoms with E-state index in [9.17, 15) is 13.5 Å². The second-order valence-corrected chi connectivity index (χ2v) is 8.73. The van der Waals surface area contributed by atoms with Crippen LogP contribution in [0.15, 0.2) is 10.3 Å². The van der Waals surface area contributed by atoms with Gasteiger partial charge in [0.05, 0.1) is 6.10 Å². The summed E-state index contributed by atoms with van der Waals surface area (Å²) in [7, 11) is -3.39. The second-order valence-electron chi connectivity index (χ2n) is 5.31. The van der Waals surface area contributed by atoms with E-state index in [4.69, 9.17) is 0 Å². The summed E-state index contributed by atoms with van der Waals surface area (Å²) < 4.78 is 27.1. The van der Waals surface area contributed by atoms with Crippen LogP contribution in [0.5, 0.6) is 0 Å². The lowest BCUT2D eigenvalue weighted by Crippen LogP contribution is -2.42. The van der Waals surface area contributed by atoms with Crippen LogP contribution in [0, 0.1) is 19.8 Å². The molecule has 1 aliphatic rings. The summed E-state index contributed by atoms with van der Waals surface area (Å²) in [6.45, 7) is 6.59. The van der Waals surface area contributed by atoms with E-state index in [0.29, 0.717) is 17.3 Å². The molecule has 1 saturated heterocycles. The first kappa shape index (κ1) is 15.0. The molecular weight excluding hydrogens is 282 g/mol. The zero-order chi connectivity index (χ0) is 14.2. The number of rotatable bonds is 3. The molecule has 0 aliphatic carbocycles. The molecule has 0 saturated carbocycles. The average Bonchev–Trinajstić information content (AvgIpc) is 2.70. The Morgan fingerprint density at radius 1 is 1.47 bits per heavy atom. The van der Waals surface area contributed by atoms with Gasteiger partial charge in [0.1, 0.15) is 4.21 Å². The molecule has 1 aliphatic heterocycles. The van der Waals surface area contributed by atoms with Crippen LogP contribution < -0.4 is 0 Å². The standard InChI is InChI=1S/C13H21NO3S2/c1-9-7-13(18-11(9)3)19(16,17)14-6-4-5-12(8-14)10(2)15/h7,10,12,15H,4-6,8H2,1-3H3. The number of aliphatic hydroxyl groups excluding tert-OH is 1. The first-order chi connectivity index (χ1) is 8.82. The van der Waals surface area contributed by atoms with Crippen molar-refractivity contribution in [1.82, 2.24) is 4.31 Å². The molecule has 0 radical (unpaired) electrons. The Morgan fingerprint density at radius 2 is 2.16 bits per heavy atom. The van der Waals surface area contributed by atoms with Gasteiger partial charge in [0.15, 0.2) is 0 Å². The molecule has 2 rings (SSSR count). The van der Waals surface area contributed by atoms with Crippen LogP contribution in [-0.4, -0.2) is 37.0 Å². The Kier molecular flexibility index (Phi) is 4.35. The highest BCUT2D eigenvalue weighted by Crippen LogP contribution is 2.30. The molecule has 4 nitrogen and oxygen atoms in total. The number of sulfonamides is 1. The monoisotopic (exact) mass is 303 g/mol. The molecule has 19 heavy (non-hydrogen) atoms. The summed E-state index contributed by atoms with van der Waals surface area (Å²) in [6, 6.07) is 1.75. The number of thiophene rings is 1. The summed E-state index contributed by atoms with van der Waals surface area (Å²) >= 11 is 1.33. The lowest BCUT2D eigenvalue weighted by molar-refractivity contribution is 0.0886. The number of hydrogen-bond acceptors (Lipinski definition) is 4. The van der Waals surface area contributed by atoms with E-state index < -0.39 is 16.1 Å². The highest BCUT2D eigenvalue weighted by molar-refractivity contribution is 7.91. The van der Waals surface area contributed by atoms with Gasteiger partial charge >= 0.3 is 0 Å². The molecule has 1 aromatic rings. The van der Waals surface area contributed by atoms with Gasteiger partial charge < -0.3 is 5.11 Å². The smallest absolute Gasteiger partial charge is 0.252 e. The molecule has 2 heterocycles. The van der Waals surface area contributed by atoms with Crippen molar-refractivity contribution in [1.29, 1.82) is 0 Å². The summed E-state index contributed by atoms with van der Waals surface area (Å²) in [5.41, 5.74) is 1.02. The van der Waals surface area contributed by atoms with Crippen molar-refractivity contribution >= 4 is 21.4 Å². The number of piperidine rings is 1. The molecule has 0 aromatic carbocycles. The first-order valence-electron chi connectivity index (χ1n) is 6.57. The Morgan fingerprint density at radius 3 is 2.68 bits per heavy atom. The Hall–Kier alpha value is -0.430. The zero-order valence-electron chi connectivity index (χ0n) is 11.6. The maximum absolute atomic E-state index is 12.6. The second kappa shape index (κ2) is 5.52. The van der Waals surface area contributed by atoms with E-state index in [0.717, 1.165) is 23.3 Å². The maximum atomic E-state index is 12.6. The minimum absolute atomic E-state index is 0.0469. The van der Waals surface area contributed by atoms with E-state index in [1.165, 1.54) is 15.6 Å². The van der Waals surface area contributed by atoms with Crippen molar-refractivity contribution in [2.45, 2.75) is 43.9 Å². The van der Waals surface area contributed by atoms with Crippen LogP contribution in [0.3, 0.4) is 0 Å². The van der Waals surface area contributed by atoms with Gasteiger partial charge in [0.2, 0.25) is 0 Å². The van der Waals surface area contributed by atoms with Crippen LogP contribution in [0.4, 0.5) is 0 Å². The van der Waals surface area contributed by atoms with E-state index in [2.05, 4.69) is 0 Å². The molecule has 108 valence electrons. The fraction of sp³-hybridized carbons (Fsp3) is 0.692. The molecular formula is C13H21NO3S2. The number of nitrogens with zero attached hydrogens (tertiary/aromatic N) is 1. The summed E-state index contributed by atoms with van der Waals surface area (Å²) in [5, 5.41) is 9.66. The van der Waals surface area contributed by atoms with Crippen molar-refractivity contribution in [3.63, 3.8) is 0 Å². The van der Waals surface area contributed by atoms with E-state index in [1.807, 2.05) is 13.8 Å². The zero-order valence-corrected chi connectivity index (χ0v) is 13.2. The van der Waals surface area contributed by atoms with E-state index in [-0.39, 0.29) is 5.92 Å². The highest BCUT2D eigenvalue weighted by atomic mass is 32.2. The quantitative estimate of drug-likeness (QED) is 0.931. The van der Waals surface area contributed by atoms with Crippen LogP contribution >= 0.6 is 11.3 Å². The molecule has 6 heteroatoms. The Labute approximate surface area is 119 Å². The van der Waals surface area contributed by atoms with Gasteiger partial charge in [-0.15, -0.1) is 11.3 Å². The first-order valence-corrected chi connectivity index (χ1v) is 8.83. The highest BCUT2D eigenvalue weighted by Gasteiger charge is 2.32. The van der Waals surface area contributed by atoms with Gasteiger partial charge in [-0.1, -0.05) is 0 Å². The van der Waals surface area contributed by atoms with Gasteiger partial charge in [0, 0.05) is 18.0 Å². The van der Waals surface area contributed by atoms with Crippen LogP contribution in [-0.2, 0) is 10.0 Å². The van der Waals surface area contributed by atoms with Crippen LogP contribution in [0.25, 0.3) is 0 Å². The Balaban J connectivity index is 2.24. The SMILES string of the molecule is Cc1cc(S(=O)(=O)N2CCCC(C(C)O)C2)sc1C. The lowest BCUT2D eigenvalue weighted by atomic mass is 9.95. The van der Waals surface area contributed by atoms with E-state index >= 15 is 0 Å². The molecule has 0 bridgehead atoms. The predicted octanol–water partition coefficient (Wildman–Crippen LogP) is 2.15. The van der Waals surface area contributed by atoms with Gasteiger partial charge in [0.25, 0.3) is 10.0 Å². The van der Waals surface area contributed by atoms with Crippen molar-refractivity contribution in [3.05, 3.63) is 16.5 Å². The van der Waals surface area contributed by atoms with Crippen molar-refractivity contribution in [2.75, 3.05) is 13.1 Å². The molecule has 0 amide bonds. The summed E-state index contributed by atoms with van der Waals surface area (Å²) in [6.07, 6.45) is 1.26. The number of aliphatic hydroxyl groups is 1. The third-order valence-electron chi connectivity index (χ3n) is 3.84. The molecule has 1 aromatic heterocycles. The van der Waals surface area contributed by atoms with Gasteiger partial charge in [-0.2, -0.15) is 4.31 Å². The minimum atomic E-state index is -3.39. The van der Waals surface area contributed by atoms with Crippen molar-refractivity contribution < 1.29 is 13.5 Å². The maximum Gasteiger partial charge on any atom is 0.252 e. The average molecular weight is 303 g/mol. The molecule has 1 fully saturated rings. The van der Waals surface area contributed by atoms with E-state index in [1.54, 1.807) is 13.0 Å². The molecule has 2 atom stereocenters. The van der Waals surface area contributed by atoms with Crippen LogP contribution in [0.1, 0.15) is 30.2 Å². The fourth-order valence-corrected chi connectivity index (χ4v) is 5.59.